The molecule has 2 aliphatic carbocycles. The van der Waals surface area contributed by atoms with Crippen LogP contribution in [0, 0.1) is 23.7 Å². The number of pyridine rings is 1. The monoisotopic (exact) mass is 457 g/mol. The van der Waals surface area contributed by atoms with E-state index in [1.807, 2.05) is 12.3 Å². The van der Waals surface area contributed by atoms with Gasteiger partial charge >= 0.3 is 0 Å². The summed E-state index contributed by atoms with van der Waals surface area (Å²) in [6.07, 6.45) is 14.4. The first-order valence-corrected chi connectivity index (χ1v) is 13.3. The van der Waals surface area contributed by atoms with Gasteiger partial charge in [-0.05, 0) is 80.4 Å². The first-order chi connectivity index (χ1) is 16.0. The highest BCUT2D eigenvalue weighted by molar-refractivity contribution is 5.36. The van der Waals surface area contributed by atoms with E-state index in [4.69, 9.17) is 9.72 Å². The third-order valence-electron chi connectivity index (χ3n) is 8.27. The van der Waals surface area contributed by atoms with Crippen molar-refractivity contribution in [3.05, 3.63) is 52.9 Å². The van der Waals surface area contributed by atoms with Crippen molar-refractivity contribution in [2.75, 3.05) is 6.61 Å². The lowest BCUT2D eigenvalue weighted by atomic mass is 9.68. The van der Waals surface area contributed by atoms with Crippen LogP contribution < -0.4 is 0 Å². The number of aromatic nitrogens is 1. The van der Waals surface area contributed by atoms with Gasteiger partial charge in [0.25, 0.3) is 0 Å². The lowest BCUT2D eigenvalue weighted by molar-refractivity contribution is -0.0116. The molecule has 4 heteroatoms. The van der Waals surface area contributed by atoms with Gasteiger partial charge < -0.3 is 4.74 Å². The standard InChI is InChI=1S/C29H41F2NO/c1-4-6-20-8-15-26(32-17-20)21-9-11-22(12-10-21)27-19(3)16-25(28(30)29(27)31)23-13-14-24(7-5-2)33-18-23/h8,15-17,19,21-24,27H,4-7,9-14,18H2,1-3H3. The minimum Gasteiger partial charge on any atom is -0.378 e. The van der Waals surface area contributed by atoms with E-state index in [1.54, 1.807) is 0 Å². The van der Waals surface area contributed by atoms with Gasteiger partial charge in [-0.15, -0.1) is 0 Å². The Balaban J connectivity index is 1.37. The first kappa shape index (κ1) is 24.6. The molecule has 1 aliphatic heterocycles. The number of nitrogens with zero attached hydrogens (tertiary/aromatic N) is 1. The maximum Gasteiger partial charge on any atom is 0.158 e. The lowest BCUT2D eigenvalue weighted by Crippen LogP contribution is -2.32. The van der Waals surface area contributed by atoms with Gasteiger partial charge in [0, 0.05) is 29.6 Å². The number of hydrogen-bond acceptors (Lipinski definition) is 2. The molecule has 1 aromatic rings. The second kappa shape index (κ2) is 11.3. The van der Waals surface area contributed by atoms with Crippen LogP contribution in [0.3, 0.4) is 0 Å². The van der Waals surface area contributed by atoms with Crippen molar-refractivity contribution in [3.63, 3.8) is 0 Å². The maximum atomic E-state index is 15.4. The van der Waals surface area contributed by atoms with Gasteiger partial charge in [0.1, 0.15) is 5.83 Å². The summed E-state index contributed by atoms with van der Waals surface area (Å²) >= 11 is 0. The molecule has 1 aromatic heterocycles. The third-order valence-corrected chi connectivity index (χ3v) is 8.27. The Hall–Kier alpha value is -1.55. The van der Waals surface area contributed by atoms with E-state index in [2.05, 4.69) is 32.9 Å². The molecule has 182 valence electrons. The molecule has 4 rings (SSSR count). The predicted octanol–water partition coefficient (Wildman–Crippen LogP) is 8.25. The Morgan fingerprint density at radius 3 is 2.33 bits per heavy atom. The van der Waals surface area contributed by atoms with E-state index in [0.29, 0.717) is 18.1 Å². The van der Waals surface area contributed by atoms with Gasteiger partial charge in [-0.25, -0.2) is 8.78 Å². The summed E-state index contributed by atoms with van der Waals surface area (Å²) in [5.74, 6) is -0.750. The molecule has 0 spiro atoms. The minimum absolute atomic E-state index is 0.00949. The highest BCUT2D eigenvalue weighted by Gasteiger charge is 2.40. The first-order valence-electron chi connectivity index (χ1n) is 13.3. The summed E-state index contributed by atoms with van der Waals surface area (Å²) in [4.78, 5) is 4.71. The third kappa shape index (κ3) is 5.58. The Labute approximate surface area is 198 Å². The lowest BCUT2D eigenvalue weighted by Gasteiger charge is -2.39. The van der Waals surface area contributed by atoms with Crippen molar-refractivity contribution in [2.24, 2.45) is 23.7 Å². The summed E-state index contributed by atoms with van der Waals surface area (Å²) in [5, 5.41) is 0. The highest BCUT2D eigenvalue weighted by atomic mass is 19.2. The van der Waals surface area contributed by atoms with Crippen LogP contribution in [0.15, 0.2) is 41.6 Å². The van der Waals surface area contributed by atoms with E-state index in [1.165, 1.54) is 5.56 Å². The van der Waals surface area contributed by atoms with E-state index < -0.39 is 11.7 Å². The number of rotatable bonds is 7. The molecule has 4 atom stereocenters. The Morgan fingerprint density at radius 1 is 0.970 bits per heavy atom. The summed E-state index contributed by atoms with van der Waals surface area (Å²) in [5.41, 5.74) is 3.02. The van der Waals surface area contributed by atoms with Gasteiger partial charge in [0.15, 0.2) is 5.83 Å². The Bertz CT molecular complexity index is 830. The average molecular weight is 458 g/mol. The van der Waals surface area contributed by atoms with Gasteiger partial charge in [-0.2, -0.15) is 0 Å². The average Bonchev–Trinajstić information content (AvgIpc) is 2.83. The molecule has 0 amide bonds. The van der Waals surface area contributed by atoms with Crippen molar-refractivity contribution in [2.45, 2.75) is 97.0 Å². The van der Waals surface area contributed by atoms with E-state index in [9.17, 15) is 0 Å². The van der Waals surface area contributed by atoms with Crippen LogP contribution in [-0.4, -0.2) is 17.7 Å². The SMILES string of the molecule is CCCc1ccc(C2CCC(C3C(F)=C(F)C(C4CCC(CCC)OC4)=CC3C)CC2)nc1. The molecule has 1 saturated heterocycles. The van der Waals surface area contributed by atoms with Crippen LogP contribution in [0.1, 0.15) is 95.7 Å². The van der Waals surface area contributed by atoms with Crippen LogP contribution in [-0.2, 0) is 11.2 Å². The second-order valence-corrected chi connectivity index (χ2v) is 10.6. The van der Waals surface area contributed by atoms with Gasteiger partial charge in [0.05, 0.1) is 12.7 Å². The molecule has 1 saturated carbocycles. The van der Waals surface area contributed by atoms with Crippen LogP contribution >= 0.6 is 0 Å². The quantitative estimate of drug-likeness (QED) is 0.411. The molecular formula is C29H41F2NO. The molecule has 2 nitrogen and oxygen atoms in total. The number of hydrogen-bond donors (Lipinski definition) is 0. The zero-order valence-electron chi connectivity index (χ0n) is 20.7. The number of halogens is 2. The van der Waals surface area contributed by atoms with E-state index in [-0.39, 0.29) is 29.8 Å². The summed E-state index contributed by atoms with van der Waals surface area (Å²) in [6.45, 7) is 6.93. The minimum atomic E-state index is -0.587. The molecule has 2 fully saturated rings. The Kier molecular flexibility index (Phi) is 8.38. The van der Waals surface area contributed by atoms with Gasteiger partial charge in [-0.1, -0.05) is 45.8 Å². The Morgan fingerprint density at radius 2 is 1.73 bits per heavy atom. The zero-order chi connectivity index (χ0) is 23.4. The molecule has 33 heavy (non-hydrogen) atoms. The highest BCUT2D eigenvalue weighted by Crippen LogP contribution is 2.48. The molecular weight excluding hydrogens is 416 g/mol. The summed E-state index contributed by atoms with van der Waals surface area (Å²) in [6, 6.07) is 4.37. The van der Waals surface area contributed by atoms with Crippen molar-refractivity contribution >= 4 is 0 Å². The molecule has 0 radical (unpaired) electrons. The van der Waals surface area contributed by atoms with Crippen LogP contribution in [0.2, 0.25) is 0 Å². The van der Waals surface area contributed by atoms with Crippen LogP contribution in [0.25, 0.3) is 0 Å². The van der Waals surface area contributed by atoms with Crippen molar-refractivity contribution in [1.29, 1.82) is 0 Å². The van der Waals surface area contributed by atoms with Crippen molar-refractivity contribution < 1.29 is 13.5 Å². The summed E-state index contributed by atoms with van der Waals surface area (Å²) in [7, 11) is 0. The van der Waals surface area contributed by atoms with Crippen molar-refractivity contribution in [1.82, 2.24) is 4.98 Å². The predicted molar refractivity (Wildman–Crippen MR) is 130 cm³/mol. The van der Waals surface area contributed by atoms with Crippen LogP contribution in [0.5, 0.6) is 0 Å². The molecule has 0 N–H and O–H groups in total. The fourth-order valence-electron chi connectivity index (χ4n) is 6.42. The number of allylic oxidation sites excluding steroid dienone is 3. The van der Waals surface area contributed by atoms with Crippen molar-refractivity contribution in [3.8, 4) is 0 Å². The molecule has 0 bridgehead atoms. The molecule has 3 aliphatic rings. The molecule has 0 aromatic carbocycles. The summed E-state index contributed by atoms with van der Waals surface area (Å²) < 4.78 is 36.7. The zero-order valence-corrected chi connectivity index (χ0v) is 20.7. The fraction of sp³-hybridized carbons (Fsp3) is 0.690. The topological polar surface area (TPSA) is 22.1 Å². The van der Waals surface area contributed by atoms with Crippen LogP contribution in [0.4, 0.5) is 8.78 Å². The smallest absolute Gasteiger partial charge is 0.158 e. The fourth-order valence-corrected chi connectivity index (χ4v) is 6.42. The molecule has 2 heterocycles. The second-order valence-electron chi connectivity index (χ2n) is 10.6. The van der Waals surface area contributed by atoms with E-state index in [0.717, 1.165) is 69.9 Å². The normalized spacial score (nSPS) is 33.2. The van der Waals surface area contributed by atoms with Gasteiger partial charge in [-0.3, -0.25) is 4.98 Å². The maximum absolute atomic E-state index is 15.4. The largest absolute Gasteiger partial charge is 0.378 e. The van der Waals surface area contributed by atoms with Gasteiger partial charge in [0.2, 0.25) is 0 Å². The number of ether oxygens (including phenoxy) is 1. The molecule has 4 unspecified atom stereocenters. The van der Waals surface area contributed by atoms with E-state index >= 15 is 8.78 Å². The number of aryl methyl sites for hydroxylation is 1.